The van der Waals surface area contributed by atoms with Crippen LogP contribution >= 0.6 is 0 Å². The quantitative estimate of drug-likeness (QED) is 0.440. The molecule has 4 heterocycles. The molecular weight excluding hydrogens is 434 g/mol. The average Bonchev–Trinajstić information content (AvgIpc) is 3.36. The number of hydrogen-bond acceptors (Lipinski definition) is 6. The zero-order valence-electron chi connectivity index (χ0n) is 20.4. The number of anilines is 1. The van der Waals surface area contributed by atoms with Crippen molar-refractivity contribution >= 4 is 22.6 Å². The highest BCUT2D eigenvalue weighted by Gasteiger charge is 2.23. The Morgan fingerprint density at radius 3 is 2.24 bits per heavy atom. The van der Waals surface area contributed by atoms with E-state index in [1.54, 1.807) is 14.2 Å². The fourth-order valence-corrected chi connectivity index (χ4v) is 4.92. The molecule has 180 valence electrons. The molecule has 1 fully saturated rings. The first-order chi connectivity index (χ1) is 16.3. The Labute approximate surface area is 197 Å². The summed E-state index contributed by atoms with van der Waals surface area (Å²) >= 11 is 0. The molecule has 1 aliphatic heterocycles. The highest BCUT2D eigenvalue weighted by molar-refractivity contribution is 5.76. The molecule has 0 unspecified atom stereocenters. The number of ether oxygens (including phenoxy) is 1. The molecule has 0 aliphatic carbocycles. The summed E-state index contributed by atoms with van der Waals surface area (Å²) in [7, 11) is 4.85. The van der Waals surface area contributed by atoms with Gasteiger partial charge in [-0.05, 0) is 38.1 Å². The van der Waals surface area contributed by atoms with Crippen molar-refractivity contribution < 1.29 is 4.74 Å². The molecule has 0 amide bonds. The van der Waals surface area contributed by atoms with E-state index in [0.717, 1.165) is 61.0 Å². The minimum Gasteiger partial charge on any atom is -0.497 e. The molecule has 10 nitrogen and oxygen atoms in total. The van der Waals surface area contributed by atoms with Gasteiger partial charge >= 0.3 is 5.69 Å². The number of methoxy groups -OCH3 is 1. The van der Waals surface area contributed by atoms with Gasteiger partial charge in [-0.2, -0.15) is 4.98 Å². The lowest BCUT2D eigenvalue weighted by atomic mass is 10.2. The van der Waals surface area contributed by atoms with E-state index >= 15 is 0 Å². The smallest absolute Gasteiger partial charge is 0.332 e. The van der Waals surface area contributed by atoms with Gasteiger partial charge < -0.3 is 14.2 Å². The van der Waals surface area contributed by atoms with Crippen LogP contribution < -0.4 is 20.9 Å². The van der Waals surface area contributed by atoms with Gasteiger partial charge in [-0.15, -0.1) is 0 Å². The highest BCUT2D eigenvalue weighted by Crippen LogP contribution is 2.22. The van der Waals surface area contributed by atoms with Crippen LogP contribution in [0.15, 0.2) is 33.9 Å². The maximum atomic E-state index is 12.9. The number of nitrogens with zero attached hydrogens (tertiary/aromatic N) is 7. The second kappa shape index (κ2) is 8.35. The second-order valence-corrected chi connectivity index (χ2v) is 8.97. The summed E-state index contributed by atoms with van der Waals surface area (Å²) in [4.78, 5) is 34.9. The molecule has 0 N–H and O–H groups in total. The van der Waals surface area contributed by atoms with Gasteiger partial charge in [0.15, 0.2) is 11.2 Å². The predicted molar refractivity (Wildman–Crippen MR) is 132 cm³/mol. The molecule has 5 rings (SSSR count). The van der Waals surface area contributed by atoms with Gasteiger partial charge in [-0.1, -0.05) is 0 Å². The number of piperazine rings is 1. The fourth-order valence-electron chi connectivity index (χ4n) is 4.92. The molecular formula is C24H31N7O3. The van der Waals surface area contributed by atoms with Gasteiger partial charge in [0.1, 0.15) is 5.75 Å². The molecule has 10 heteroatoms. The number of fused-ring (bicyclic) bond motifs is 3. The normalized spacial score (nSPS) is 15.0. The van der Waals surface area contributed by atoms with Crippen molar-refractivity contribution in [3.63, 3.8) is 0 Å². The van der Waals surface area contributed by atoms with E-state index in [4.69, 9.17) is 9.72 Å². The summed E-state index contributed by atoms with van der Waals surface area (Å²) in [6.45, 7) is 9.61. The number of rotatable bonds is 5. The molecule has 0 saturated carbocycles. The Kier molecular flexibility index (Phi) is 5.47. The maximum Gasteiger partial charge on any atom is 0.332 e. The van der Waals surface area contributed by atoms with Crippen molar-refractivity contribution in [2.45, 2.75) is 20.4 Å². The third-order valence-electron chi connectivity index (χ3n) is 7.20. The molecule has 34 heavy (non-hydrogen) atoms. The molecule has 1 aliphatic rings. The van der Waals surface area contributed by atoms with E-state index in [1.807, 2.05) is 23.5 Å². The van der Waals surface area contributed by atoms with Crippen molar-refractivity contribution in [1.82, 2.24) is 28.0 Å². The molecule has 0 spiro atoms. The van der Waals surface area contributed by atoms with E-state index in [2.05, 4.69) is 33.4 Å². The number of aromatic nitrogens is 5. The Hall–Kier alpha value is -3.53. The van der Waals surface area contributed by atoms with Crippen LogP contribution in [0.1, 0.15) is 11.4 Å². The first-order valence-electron chi connectivity index (χ1n) is 11.6. The lowest BCUT2D eigenvalue weighted by Crippen LogP contribution is -2.47. The second-order valence-electron chi connectivity index (χ2n) is 8.97. The number of hydrogen-bond donors (Lipinski definition) is 0. The van der Waals surface area contributed by atoms with Gasteiger partial charge in [0.2, 0.25) is 5.78 Å². The van der Waals surface area contributed by atoms with Gasteiger partial charge in [0.25, 0.3) is 5.56 Å². The molecule has 4 aromatic rings. The van der Waals surface area contributed by atoms with Crippen molar-refractivity contribution in [2.75, 3.05) is 44.7 Å². The molecule has 1 saturated heterocycles. The summed E-state index contributed by atoms with van der Waals surface area (Å²) in [6.07, 6.45) is 0. The van der Waals surface area contributed by atoms with Crippen molar-refractivity contribution in [3.8, 4) is 5.75 Å². The maximum absolute atomic E-state index is 12.9. The van der Waals surface area contributed by atoms with E-state index in [9.17, 15) is 9.59 Å². The van der Waals surface area contributed by atoms with Gasteiger partial charge in [0.05, 0.1) is 7.11 Å². The van der Waals surface area contributed by atoms with Crippen LogP contribution in [0.5, 0.6) is 5.75 Å². The lowest BCUT2D eigenvalue weighted by molar-refractivity contribution is 0.248. The minimum atomic E-state index is -0.367. The van der Waals surface area contributed by atoms with Gasteiger partial charge in [-0.25, -0.2) is 4.79 Å². The topological polar surface area (TPSA) is 81.9 Å². The average molecular weight is 466 g/mol. The Morgan fingerprint density at radius 2 is 1.59 bits per heavy atom. The van der Waals surface area contributed by atoms with Crippen LogP contribution in [0.3, 0.4) is 0 Å². The zero-order chi connectivity index (χ0) is 24.1. The zero-order valence-corrected chi connectivity index (χ0v) is 20.4. The lowest BCUT2D eigenvalue weighted by Gasteiger charge is -2.36. The standard InChI is InChI=1S/C24H31N7O3/c1-16-17(2)31-20-21(26(3)24(33)27(4)22(20)32)25-23(31)30(16)15-12-28-10-13-29(14-11-28)18-6-8-19(34-5)9-7-18/h6-9H,10-15H2,1-5H3. The van der Waals surface area contributed by atoms with Crippen molar-refractivity contribution in [2.24, 2.45) is 14.1 Å². The largest absolute Gasteiger partial charge is 0.497 e. The highest BCUT2D eigenvalue weighted by atomic mass is 16.5. The van der Waals surface area contributed by atoms with E-state index in [0.29, 0.717) is 16.9 Å². The molecule has 0 atom stereocenters. The van der Waals surface area contributed by atoms with Crippen molar-refractivity contribution in [1.29, 1.82) is 0 Å². The van der Waals surface area contributed by atoms with Crippen LogP contribution in [0.25, 0.3) is 16.9 Å². The number of imidazole rings is 2. The van der Waals surface area contributed by atoms with E-state index in [1.165, 1.54) is 17.3 Å². The summed E-state index contributed by atoms with van der Waals surface area (Å²) in [6, 6.07) is 8.22. The summed E-state index contributed by atoms with van der Waals surface area (Å²) < 4.78 is 11.9. The van der Waals surface area contributed by atoms with Crippen LogP contribution in [0, 0.1) is 13.8 Å². The fraction of sp³-hybridized carbons (Fsp3) is 0.458. The monoisotopic (exact) mass is 465 g/mol. The van der Waals surface area contributed by atoms with Crippen LogP contribution in [0.4, 0.5) is 5.69 Å². The molecule has 3 aromatic heterocycles. The van der Waals surface area contributed by atoms with Crippen molar-refractivity contribution in [3.05, 3.63) is 56.5 Å². The first kappa shape index (κ1) is 22.3. The first-order valence-corrected chi connectivity index (χ1v) is 11.6. The molecule has 1 aromatic carbocycles. The summed E-state index contributed by atoms with van der Waals surface area (Å²) in [5, 5.41) is 0. The summed E-state index contributed by atoms with van der Waals surface area (Å²) in [5.74, 6) is 1.58. The number of benzene rings is 1. The van der Waals surface area contributed by atoms with Crippen LogP contribution in [-0.4, -0.2) is 67.8 Å². The molecule has 0 bridgehead atoms. The van der Waals surface area contributed by atoms with Gasteiger partial charge in [0, 0.05) is 70.4 Å². The van der Waals surface area contributed by atoms with E-state index in [-0.39, 0.29) is 11.2 Å². The van der Waals surface area contributed by atoms with Crippen LogP contribution in [0.2, 0.25) is 0 Å². The Morgan fingerprint density at radius 1 is 0.912 bits per heavy atom. The SMILES string of the molecule is COc1ccc(N2CCN(CCn3c(C)c(C)n4c5c(=O)n(C)c(=O)n(C)c5nc34)CC2)cc1. The third-order valence-corrected chi connectivity index (χ3v) is 7.20. The third kappa shape index (κ3) is 3.40. The Balaban J connectivity index is 1.36. The van der Waals surface area contributed by atoms with Crippen LogP contribution in [-0.2, 0) is 20.6 Å². The minimum absolute atomic E-state index is 0.319. The molecule has 0 radical (unpaired) electrons. The number of aryl methyl sites for hydroxylation is 2. The Bertz CT molecular complexity index is 1480. The summed E-state index contributed by atoms with van der Waals surface area (Å²) in [5.41, 5.74) is 3.46. The predicted octanol–water partition coefficient (Wildman–Crippen LogP) is 1.13. The van der Waals surface area contributed by atoms with E-state index < -0.39 is 0 Å². The van der Waals surface area contributed by atoms with Gasteiger partial charge in [-0.3, -0.25) is 23.2 Å².